The van der Waals surface area contributed by atoms with Gasteiger partial charge in [0.15, 0.2) is 5.65 Å². The zero-order valence-electron chi connectivity index (χ0n) is 8.78. The zero-order chi connectivity index (χ0) is 10.1. The molecule has 4 nitrogen and oxygen atoms in total. The highest BCUT2D eigenvalue weighted by Gasteiger charge is 2.08. The van der Waals surface area contributed by atoms with Gasteiger partial charge in [-0.1, -0.05) is 13.8 Å². The molecule has 0 radical (unpaired) electrons. The van der Waals surface area contributed by atoms with Crippen molar-refractivity contribution >= 4 is 5.65 Å². The monoisotopic (exact) mass is 192 g/mol. The molecule has 0 fully saturated rings. The lowest BCUT2D eigenvalue weighted by atomic mass is 10.3. The van der Waals surface area contributed by atoms with E-state index in [1.54, 1.807) is 0 Å². The minimum atomic E-state index is 0. The van der Waals surface area contributed by atoms with E-state index < -0.39 is 0 Å². The second-order valence-electron chi connectivity index (χ2n) is 3.30. The molecule has 2 rings (SSSR count). The summed E-state index contributed by atoms with van der Waals surface area (Å²) < 4.78 is 1.84. The summed E-state index contributed by atoms with van der Waals surface area (Å²) in [5.74, 6) is 1.80. The van der Waals surface area contributed by atoms with Crippen LogP contribution in [0.3, 0.4) is 0 Å². The summed E-state index contributed by atoms with van der Waals surface area (Å²) in [5.41, 5.74) is 2.14. The average Bonchev–Trinajstić information content (AvgIpc) is 2.59. The van der Waals surface area contributed by atoms with Crippen LogP contribution in [0.4, 0.5) is 0 Å². The van der Waals surface area contributed by atoms with Crippen molar-refractivity contribution < 1.29 is 1.43 Å². The summed E-state index contributed by atoms with van der Waals surface area (Å²) in [4.78, 5) is 8.76. The van der Waals surface area contributed by atoms with Gasteiger partial charge in [-0.25, -0.2) is 14.5 Å². The summed E-state index contributed by atoms with van der Waals surface area (Å²) in [6.07, 6.45) is 3.72. The first-order valence-electron chi connectivity index (χ1n) is 4.96. The number of rotatable bonds is 2. The van der Waals surface area contributed by atoms with Crippen LogP contribution in [0.15, 0.2) is 6.20 Å². The predicted octanol–water partition coefficient (Wildman–Crippen LogP) is 1.80. The van der Waals surface area contributed by atoms with Crippen LogP contribution in [-0.4, -0.2) is 19.6 Å². The molecule has 2 aromatic rings. The van der Waals surface area contributed by atoms with Gasteiger partial charge in [0.25, 0.3) is 0 Å². The van der Waals surface area contributed by atoms with Crippen molar-refractivity contribution in [2.45, 2.75) is 33.6 Å². The van der Waals surface area contributed by atoms with Gasteiger partial charge in [-0.15, -0.1) is 0 Å². The number of nitrogens with zero attached hydrogens (tertiary/aromatic N) is 4. The molecule has 0 saturated heterocycles. The molecule has 0 bridgehead atoms. The quantitative estimate of drug-likeness (QED) is 0.728. The Bertz CT molecular complexity index is 464. The maximum absolute atomic E-state index is 4.40. The topological polar surface area (TPSA) is 43.1 Å². The minimum Gasteiger partial charge on any atom is -0.218 e. The van der Waals surface area contributed by atoms with Gasteiger partial charge < -0.3 is 0 Å². The number of fused-ring (bicyclic) bond motifs is 1. The van der Waals surface area contributed by atoms with Crippen molar-refractivity contribution in [1.29, 1.82) is 0 Å². The van der Waals surface area contributed by atoms with E-state index in [1.165, 1.54) is 5.56 Å². The third kappa shape index (κ3) is 1.27. The van der Waals surface area contributed by atoms with Crippen LogP contribution < -0.4 is 0 Å². The molecule has 14 heavy (non-hydrogen) atoms. The molecule has 0 N–H and O–H groups in total. The largest absolute Gasteiger partial charge is 0.218 e. The smallest absolute Gasteiger partial charge is 0.162 e. The SMILES string of the molecule is CCc1cnn2c(CC)nc(C)nc12.[HH]. The summed E-state index contributed by atoms with van der Waals surface area (Å²) in [6.45, 7) is 6.11. The molecular formula is C10H16N4. The Kier molecular flexibility index (Phi) is 2.19. The maximum Gasteiger partial charge on any atom is 0.162 e. The zero-order valence-corrected chi connectivity index (χ0v) is 8.78. The van der Waals surface area contributed by atoms with Crippen LogP contribution >= 0.6 is 0 Å². The fraction of sp³-hybridized carbons (Fsp3) is 0.500. The molecule has 76 valence electrons. The highest BCUT2D eigenvalue weighted by Crippen LogP contribution is 2.10. The molecule has 4 heteroatoms. The first kappa shape index (κ1) is 9.12. The first-order valence-corrected chi connectivity index (χ1v) is 4.96. The Morgan fingerprint density at radius 2 is 2.07 bits per heavy atom. The van der Waals surface area contributed by atoms with E-state index in [4.69, 9.17) is 0 Å². The molecule has 0 spiro atoms. The van der Waals surface area contributed by atoms with Gasteiger partial charge >= 0.3 is 0 Å². The second-order valence-corrected chi connectivity index (χ2v) is 3.30. The van der Waals surface area contributed by atoms with Crippen molar-refractivity contribution in [2.75, 3.05) is 0 Å². The Morgan fingerprint density at radius 1 is 1.29 bits per heavy atom. The van der Waals surface area contributed by atoms with Gasteiger partial charge in [0.2, 0.25) is 0 Å². The van der Waals surface area contributed by atoms with Gasteiger partial charge in [0.1, 0.15) is 11.6 Å². The van der Waals surface area contributed by atoms with E-state index in [9.17, 15) is 0 Å². The summed E-state index contributed by atoms with van der Waals surface area (Å²) >= 11 is 0. The molecule has 2 aromatic heterocycles. The van der Waals surface area contributed by atoms with Gasteiger partial charge in [-0.05, 0) is 13.3 Å². The summed E-state index contributed by atoms with van der Waals surface area (Å²) in [7, 11) is 0. The fourth-order valence-corrected chi connectivity index (χ4v) is 1.57. The van der Waals surface area contributed by atoms with Gasteiger partial charge in [-0.3, -0.25) is 0 Å². The van der Waals surface area contributed by atoms with E-state index in [1.807, 2.05) is 17.6 Å². The Morgan fingerprint density at radius 3 is 2.71 bits per heavy atom. The molecule has 0 atom stereocenters. The van der Waals surface area contributed by atoms with Crippen LogP contribution in [-0.2, 0) is 12.8 Å². The fourth-order valence-electron chi connectivity index (χ4n) is 1.57. The van der Waals surface area contributed by atoms with Crippen LogP contribution in [0.5, 0.6) is 0 Å². The van der Waals surface area contributed by atoms with Crippen molar-refractivity contribution in [3.8, 4) is 0 Å². The van der Waals surface area contributed by atoms with Crippen LogP contribution in [0.2, 0.25) is 0 Å². The van der Waals surface area contributed by atoms with Gasteiger partial charge in [0.05, 0.1) is 6.20 Å². The highest BCUT2D eigenvalue weighted by atomic mass is 15.3. The number of aromatic nitrogens is 4. The van der Waals surface area contributed by atoms with E-state index >= 15 is 0 Å². The van der Waals surface area contributed by atoms with E-state index in [-0.39, 0.29) is 1.43 Å². The summed E-state index contributed by atoms with van der Waals surface area (Å²) in [5, 5.41) is 4.29. The van der Waals surface area contributed by atoms with Crippen molar-refractivity contribution in [2.24, 2.45) is 0 Å². The normalized spacial score (nSPS) is 11.1. The lowest BCUT2D eigenvalue weighted by molar-refractivity contribution is 0.774. The molecule has 2 heterocycles. The third-order valence-corrected chi connectivity index (χ3v) is 2.32. The van der Waals surface area contributed by atoms with Gasteiger partial charge in [-0.2, -0.15) is 5.10 Å². The molecule has 0 aliphatic rings. The molecular weight excluding hydrogens is 176 g/mol. The first-order chi connectivity index (χ1) is 6.76. The van der Waals surface area contributed by atoms with Crippen molar-refractivity contribution in [1.82, 2.24) is 19.6 Å². The second kappa shape index (κ2) is 3.36. The third-order valence-electron chi connectivity index (χ3n) is 2.32. The standard InChI is InChI=1S/C10H14N4.H2/c1-4-8-6-11-14-9(5-2)12-7(3)13-10(8)14;/h6H,4-5H2,1-3H3;1H. The van der Waals surface area contributed by atoms with Crippen LogP contribution in [0.25, 0.3) is 5.65 Å². The number of aryl methyl sites for hydroxylation is 3. The maximum atomic E-state index is 4.40. The van der Waals surface area contributed by atoms with Crippen molar-refractivity contribution in [3.63, 3.8) is 0 Å². The number of hydrogen-bond donors (Lipinski definition) is 0. The van der Waals surface area contributed by atoms with E-state index in [2.05, 4.69) is 28.9 Å². The predicted molar refractivity (Wildman–Crippen MR) is 56.4 cm³/mol. The Labute approximate surface area is 84.5 Å². The van der Waals surface area contributed by atoms with E-state index in [0.29, 0.717) is 0 Å². The molecule has 0 amide bonds. The summed E-state index contributed by atoms with van der Waals surface area (Å²) in [6, 6.07) is 0. The highest BCUT2D eigenvalue weighted by molar-refractivity contribution is 5.46. The van der Waals surface area contributed by atoms with Crippen LogP contribution in [0.1, 0.15) is 32.5 Å². The lowest BCUT2D eigenvalue weighted by Gasteiger charge is -2.02. The average molecular weight is 192 g/mol. The minimum absolute atomic E-state index is 0. The molecule has 0 aliphatic heterocycles. The Hall–Kier alpha value is -1.45. The molecule has 0 unspecified atom stereocenters. The van der Waals surface area contributed by atoms with Crippen molar-refractivity contribution in [3.05, 3.63) is 23.4 Å². The lowest BCUT2D eigenvalue weighted by Crippen LogP contribution is -2.05. The molecule has 0 saturated carbocycles. The molecule has 0 aromatic carbocycles. The van der Waals surface area contributed by atoms with E-state index in [0.717, 1.165) is 30.1 Å². The Balaban J connectivity index is 0.00000112. The molecule has 0 aliphatic carbocycles. The van der Waals surface area contributed by atoms with Crippen LogP contribution in [0, 0.1) is 6.92 Å². The number of hydrogen-bond acceptors (Lipinski definition) is 3. The van der Waals surface area contributed by atoms with Gasteiger partial charge in [0, 0.05) is 13.4 Å².